The molecule has 0 amide bonds. The van der Waals surface area contributed by atoms with Crippen LogP contribution in [0.4, 0.5) is 0 Å². The van der Waals surface area contributed by atoms with Crippen LogP contribution in [-0.2, 0) is 4.74 Å². The van der Waals surface area contributed by atoms with Crippen molar-refractivity contribution in [3.8, 4) is 0 Å². The van der Waals surface area contributed by atoms with Crippen LogP contribution in [0, 0.1) is 0 Å². The van der Waals surface area contributed by atoms with Crippen LogP contribution < -0.4 is 5.63 Å². The molecule has 16 heavy (non-hydrogen) atoms. The van der Waals surface area contributed by atoms with Crippen molar-refractivity contribution in [1.82, 2.24) is 4.98 Å². The number of carbonyl (C=O) groups is 1. The third kappa shape index (κ3) is 1.93. The van der Waals surface area contributed by atoms with Crippen molar-refractivity contribution in [2.75, 3.05) is 6.61 Å². The molecule has 2 rings (SSSR count). The molecule has 0 aromatic carbocycles. The summed E-state index contributed by atoms with van der Waals surface area (Å²) in [4.78, 5) is 26.2. The molecule has 0 bridgehead atoms. The zero-order chi connectivity index (χ0) is 11.5. The maximum absolute atomic E-state index is 11.4. The highest BCUT2D eigenvalue weighted by Gasteiger charge is 2.08. The van der Waals surface area contributed by atoms with Gasteiger partial charge in [-0.25, -0.2) is 14.6 Å². The van der Waals surface area contributed by atoms with Crippen LogP contribution in [-0.4, -0.2) is 17.6 Å². The Morgan fingerprint density at radius 2 is 2.31 bits per heavy atom. The average molecular weight is 219 g/mol. The number of nitrogens with zero attached hydrogens (tertiary/aromatic N) is 1. The van der Waals surface area contributed by atoms with Gasteiger partial charge in [-0.3, -0.25) is 0 Å². The van der Waals surface area contributed by atoms with Gasteiger partial charge in [-0.1, -0.05) is 0 Å². The van der Waals surface area contributed by atoms with Gasteiger partial charge in [0.25, 0.3) is 0 Å². The molecule has 82 valence electrons. The topological polar surface area (TPSA) is 69.4 Å². The summed E-state index contributed by atoms with van der Waals surface area (Å²) in [5.74, 6) is -0.442. The van der Waals surface area contributed by atoms with Crippen LogP contribution >= 0.6 is 0 Å². The van der Waals surface area contributed by atoms with Gasteiger partial charge < -0.3 is 9.15 Å². The lowest BCUT2D eigenvalue weighted by atomic mass is 10.2. The number of esters is 1. The third-order valence-electron chi connectivity index (χ3n) is 1.99. The highest BCUT2D eigenvalue weighted by Crippen LogP contribution is 2.11. The third-order valence-corrected chi connectivity index (χ3v) is 1.99. The van der Waals surface area contributed by atoms with E-state index in [1.807, 2.05) is 0 Å². The Morgan fingerprint density at radius 3 is 3.06 bits per heavy atom. The number of hydrogen-bond donors (Lipinski definition) is 0. The maximum atomic E-state index is 11.4. The summed E-state index contributed by atoms with van der Waals surface area (Å²) in [5.41, 5.74) is 0.0765. The van der Waals surface area contributed by atoms with Crippen LogP contribution in [0.15, 0.2) is 33.6 Å². The summed E-state index contributed by atoms with van der Waals surface area (Å²) in [6.45, 7) is 2.03. The molecule has 0 aliphatic rings. The van der Waals surface area contributed by atoms with E-state index in [1.54, 1.807) is 19.1 Å². The summed E-state index contributed by atoms with van der Waals surface area (Å²) in [6.07, 6.45) is 1.32. The summed E-state index contributed by atoms with van der Waals surface area (Å²) < 4.78 is 9.67. The van der Waals surface area contributed by atoms with Crippen LogP contribution in [0.3, 0.4) is 0 Å². The molecule has 2 aromatic rings. The van der Waals surface area contributed by atoms with Gasteiger partial charge in [-0.05, 0) is 19.1 Å². The molecule has 0 radical (unpaired) electrons. The maximum Gasteiger partial charge on any atom is 0.339 e. The Labute approximate surface area is 90.7 Å². The lowest BCUT2D eigenvalue weighted by Gasteiger charge is -2.01. The molecule has 0 unspecified atom stereocenters. The lowest BCUT2D eigenvalue weighted by Crippen LogP contribution is -2.05. The van der Waals surface area contributed by atoms with Crippen molar-refractivity contribution in [2.45, 2.75) is 6.92 Å². The van der Waals surface area contributed by atoms with E-state index in [0.29, 0.717) is 17.6 Å². The van der Waals surface area contributed by atoms with Crippen LogP contribution in [0.1, 0.15) is 17.3 Å². The predicted molar refractivity (Wildman–Crippen MR) is 56.2 cm³/mol. The molecule has 0 saturated heterocycles. The SMILES string of the molecule is CCOC(=O)c1cnc2oc(=O)ccc2c1. The number of rotatable bonds is 2. The molecule has 0 saturated carbocycles. The van der Waals surface area contributed by atoms with Crippen molar-refractivity contribution in [2.24, 2.45) is 0 Å². The Bertz CT molecular complexity index is 588. The van der Waals surface area contributed by atoms with E-state index in [-0.39, 0.29) is 5.71 Å². The fourth-order valence-electron chi connectivity index (χ4n) is 1.29. The molecular weight excluding hydrogens is 210 g/mol. The number of aromatic nitrogens is 1. The first-order valence-electron chi connectivity index (χ1n) is 4.77. The monoisotopic (exact) mass is 219 g/mol. The summed E-state index contributed by atoms with van der Waals surface area (Å²) >= 11 is 0. The average Bonchev–Trinajstić information content (AvgIpc) is 2.28. The van der Waals surface area contributed by atoms with Gasteiger partial charge in [0.2, 0.25) is 5.71 Å². The van der Waals surface area contributed by atoms with E-state index in [1.165, 1.54) is 12.3 Å². The second-order valence-corrected chi connectivity index (χ2v) is 3.09. The quantitative estimate of drug-likeness (QED) is 0.713. The molecule has 0 aliphatic carbocycles. The van der Waals surface area contributed by atoms with E-state index in [9.17, 15) is 9.59 Å². The normalized spacial score (nSPS) is 10.3. The van der Waals surface area contributed by atoms with E-state index in [2.05, 4.69) is 4.98 Å². The van der Waals surface area contributed by atoms with Crippen molar-refractivity contribution in [3.05, 3.63) is 40.4 Å². The van der Waals surface area contributed by atoms with Gasteiger partial charge in [-0.2, -0.15) is 0 Å². The molecule has 5 nitrogen and oxygen atoms in total. The van der Waals surface area contributed by atoms with Gasteiger partial charge in [0.05, 0.1) is 12.2 Å². The minimum absolute atomic E-state index is 0.209. The van der Waals surface area contributed by atoms with Gasteiger partial charge >= 0.3 is 11.6 Å². The molecule has 0 aliphatic heterocycles. The van der Waals surface area contributed by atoms with Gasteiger partial charge in [-0.15, -0.1) is 0 Å². The van der Waals surface area contributed by atoms with Crippen LogP contribution in [0.2, 0.25) is 0 Å². The van der Waals surface area contributed by atoms with Gasteiger partial charge in [0, 0.05) is 17.6 Å². The second kappa shape index (κ2) is 4.14. The zero-order valence-corrected chi connectivity index (χ0v) is 8.60. The first kappa shape index (κ1) is 10.4. The highest BCUT2D eigenvalue weighted by atomic mass is 16.5. The Morgan fingerprint density at radius 1 is 1.50 bits per heavy atom. The highest BCUT2D eigenvalue weighted by molar-refractivity contribution is 5.92. The van der Waals surface area contributed by atoms with E-state index in [4.69, 9.17) is 9.15 Å². The molecule has 0 atom stereocenters. The smallest absolute Gasteiger partial charge is 0.339 e. The Hall–Kier alpha value is -2.17. The van der Waals surface area contributed by atoms with E-state index >= 15 is 0 Å². The van der Waals surface area contributed by atoms with Gasteiger partial charge in [0.15, 0.2) is 0 Å². The summed E-state index contributed by atoms with van der Waals surface area (Å²) in [5, 5.41) is 0.588. The summed E-state index contributed by atoms with van der Waals surface area (Å²) in [7, 11) is 0. The molecule has 2 heterocycles. The molecule has 0 N–H and O–H groups in total. The number of fused-ring (bicyclic) bond motifs is 1. The van der Waals surface area contributed by atoms with Crippen molar-refractivity contribution in [3.63, 3.8) is 0 Å². The minimum atomic E-state index is -0.469. The van der Waals surface area contributed by atoms with Crippen LogP contribution in [0.25, 0.3) is 11.1 Å². The van der Waals surface area contributed by atoms with Crippen molar-refractivity contribution < 1.29 is 13.9 Å². The molecule has 0 fully saturated rings. The fraction of sp³-hybridized carbons (Fsp3) is 0.182. The standard InChI is InChI=1S/C11H9NO4/c1-2-15-11(14)8-5-7-3-4-9(13)16-10(7)12-6-8/h3-6H,2H2,1H3. The fourth-order valence-corrected chi connectivity index (χ4v) is 1.29. The van der Waals surface area contributed by atoms with Crippen molar-refractivity contribution in [1.29, 1.82) is 0 Å². The van der Waals surface area contributed by atoms with Crippen molar-refractivity contribution >= 4 is 17.1 Å². The summed E-state index contributed by atoms with van der Waals surface area (Å²) in [6, 6.07) is 4.40. The first-order chi connectivity index (χ1) is 7.70. The van der Waals surface area contributed by atoms with E-state index < -0.39 is 11.6 Å². The largest absolute Gasteiger partial charge is 0.462 e. The number of hydrogen-bond acceptors (Lipinski definition) is 5. The van der Waals surface area contributed by atoms with Gasteiger partial charge in [0.1, 0.15) is 0 Å². The molecule has 0 spiro atoms. The van der Waals surface area contributed by atoms with Crippen LogP contribution in [0.5, 0.6) is 0 Å². The molecule has 2 aromatic heterocycles. The lowest BCUT2D eigenvalue weighted by molar-refractivity contribution is 0.0526. The number of pyridine rings is 1. The Kier molecular flexibility index (Phi) is 2.68. The Balaban J connectivity index is 2.48. The molecule has 5 heteroatoms. The number of carbonyl (C=O) groups excluding carboxylic acids is 1. The van der Waals surface area contributed by atoms with E-state index in [0.717, 1.165) is 0 Å². The molecular formula is C11H9NO4. The first-order valence-corrected chi connectivity index (χ1v) is 4.77. The number of ether oxygens (including phenoxy) is 1. The predicted octanol–water partition coefficient (Wildman–Crippen LogP) is 1.36. The second-order valence-electron chi connectivity index (χ2n) is 3.09. The minimum Gasteiger partial charge on any atom is -0.462 e. The zero-order valence-electron chi connectivity index (χ0n) is 8.60.